The number of methoxy groups -OCH3 is 1. The molecule has 1 heterocycles. The fraction of sp³-hybridized carbons (Fsp3) is 0.591. The van der Waals surface area contributed by atoms with E-state index >= 15 is 0 Å². The number of nitrogens with one attached hydrogen (secondary N) is 2. The first-order chi connectivity index (χ1) is 15.0. The lowest BCUT2D eigenvalue weighted by molar-refractivity contribution is 0.110. The molecule has 1 aromatic carbocycles. The average Bonchev–Trinajstić information content (AvgIpc) is 3.08. The van der Waals surface area contributed by atoms with Crippen LogP contribution in [-0.4, -0.2) is 60.8 Å². The maximum atomic E-state index is 5.94. The van der Waals surface area contributed by atoms with Gasteiger partial charge in [-0.25, -0.2) is 4.99 Å². The van der Waals surface area contributed by atoms with E-state index in [1.54, 1.807) is 7.11 Å². The molecule has 0 bridgehead atoms. The number of ether oxygens (including phenoxy) is 3. The molecule has 1 aromatic heterocycles. The molecule has 0 unspecified atom stereocenters. The van der Waals surface area contributed by atoms with Gasteiger partial charge < -0.3 is 29.4 Å². The molecule has 0 aliphatic heterocycles. The summed E-state index contributed by atoms with van der Waals surface area (Å²) in [5, 5.41) is 15.0. The van der Waals surface area contributed by atoms with Crippen molar-refractivity contribution in [2.45, 2.75) is 40.3 Å². The quantitative estimate of drug-likeness (QED) is 0.284. The number of aliphatic imine (C=N–C) groups is 1. The summed E-state index contributed by atoms with van der Waals surface area (Å²) in [5.74, 6) is 3.26. The van der Waals surface area contributed by atoms with Gasteiger partial charge >= 0.3 is 0 Å². The van der Waals surface area contributed by atoms with Crippen LogP contribution in [0.1, 0.15) is 36.1 Å². The Kier molecular flexibility index (Phi) is 10.8. The molecule has 2 aromatic rings. The fourth-order valence-corrected chi connectivity index (χ4v) is 2.81. The van der Waals surface area contributed by atoms with Crippen molar-refractivity contribution < 1.29 is 14.2 Å². The zero-order chi connectivity index (χ0) is 22.5. The predicted octanol–water partition coefficient (Wildman–Crippen LogP) is 2.12. The molecule has 0 radical (unpaired) electrons. The molecule has 0 saturated carbocycles. The van der Waals surface area contributed by atoms with Crippen LogP contribution < -0.4 is 15.4 Å². The highest BCUT2D eigenvalue weighted by Gasteiger charge is 2.08. The predicted molar refractivity (Wildman–Crippen MR) is 121 cm³/mol. The monoisotopic (exact) mass is 432 g/mol. The highest BCUT2D eigenvalue weighted by Crippen LogP contribution is 2.21. The molecule has 0 aliphatic carbocycles. The second-order valence-corrected chi connectivity index (χ2v) is 7.17. The molecule has 2 N–H and O–H groups in total. The normalized spacial score (nSPS) is 11.6. The van der Waals surface area contributed by atoms with Crippen molar-refractivity contribution in [2.24, 2.45) is 12.0 Å². The highest BCUT2D eigenvalue weighted by molar-refractivity contribution is 5.79. The van der Waals surface area contributed by atoms with Crippen molar-refractivity contribution in [2.75, 3.05) is 40.1 Å². The smallest absolute Gasteiger partial charge is 0.191 e. The molecular formula is C22H36N6O3. The minimum absolute atomic E-state index is 0.488. The maximum Gasteiger partial charge on any atom is 0.191 e. The Balaban J connectivity index is 2.06. The van der Waals surface area contributed by atoms with Crippen LogP contribution in [0.25, 0.3) is 0 Å². The molecule has 9 nitrogen and oxygen atoms in total. The highest BCUT2D eigenvalue weighted by atomic mass is 16.5. The lowest BCUT2D eigenvalue weighted by atomic mass is 10.1. The van der Waals surface area contributed by atoms with Crippen LogP contribution in [0.4, 0.5) is 0 Å². The van der Waals surface area contributed by atoms with Crippen LogP contribution in [0.3, 0.4) is 0 Å². The molecule has 2 rings (SSSR count). The van der Waals surface area contributed by atoms with Crippen LogP contribution in [-0.2, 0) is 29.6 Å². The van der Waals surface area contributed by atoms with Crippen LogP contribution in [0, 0.1) is 13.8 Å². The van der Waals surface area contributed by atoms with Gasteiger partial charge in [0.25, 0.3) is 0 Å². The third-order valence-corrected chi connectivity index (χ3v) is 4.73. The van der Waals surface area contributed by atoms with Crippen molar-refractivity contribution in [3.8, 4) is 5.75 Å². The lowest BCUT2D eigenvalue weighted by Gasteiger charge is -2.14. The third-order valence-electron chi connectivity index (χ3n) is 4.73. The van der Waals surface area contributed by atoms with Gasteiger partial charge in [-0.3, -0.25) is 0 Å². The Morgan fingerprint density at radius 2 is 1.97 bits per heavy atom. The molecule has 0 fully saturated rings. The van der Waals surface area contributed by atoms with Crippen molar-refractivity contribution >= 4 is 5.96 Å². The van der Waals surface area contributed by atoms with Crippen molar-refractivity contribution in [1.29, 1.82) is 0 Å². The van der Waals surface area contributed by atoms with E-state index < -0.39 is 0 Å². The van der Waals surface area contributed by atoms with Gasteiger partial charge in [0.15, 0.2) is 11.8 Å². The minimum atomic E-state index is 0.488. The molecule has 0 amide bonds. The number of hydrogen-bond donors (Lipinski definition) is 2. The first-order valence-electron chi connectivity index (χ1n) is 10.7. The summed E-state index contributed by atoms with van der Waals surface area (Å²) >= 11 is 0. The number of guanidine groups is 1. The van der Waals surface area contributed by atoms with E-state index in [1.165, 1.54) is 0 Å². The van der Waals surface area contributed by atoms with Crippen molar-refractivity contribution in [1.82, 2.24) is 25.4 Å². The zero-order valence-electron chi connectivity index (χ0n) is 19.4. The molecule has 0 atom stereocenters. The summed E-state index contributed by atoms with van der Waals surface area (Å²) in [6.07, 6.45) is 0.886. The maximum absolute atomic E-state index is 5.94. The van der Waals surface area contributed by atoms with Gasteiger partial charge in [0, 0.05) is 39.5 Å². The van der Waals surface area contributed by atoms with E-state index in [4.69, 9.17) is 19.2 Å². The van der Waals surface area contributed by atoms with Crippen molar-refractivity contribution in [3.05, 3.63) is 41.0 Å². The van der Waals surface area contributed by atoms with Gasteiger partial charge in [-0.2, -0.15) is 0 Å². The molecule has 0 aliphatic rings. The number of nitrogens with zero attached hydrogens (tertiary/aromatic N) is 4. The second-order valence-electron chi connectivity index (χ2n) is 7.17. The number of hydrogen-bond acceptors (Lipinski definition) is 6. The number of benzene rings is 1. The molecule has 9 heteroatoms. The first-order valence-corrected chi connectivity index (χ1v) is 10.7. The van der Waals surface area contributed by atoms with Crippen LogP contribution >= 0.6 is 0 Å². The molecule has 31 heavy (non-hydrogen) atoms. The van der Waals surface area contributed by atoms with E-state index in [9.17, 15) is 0 Å². The van der Waals surface area contributed by atoms with E-state index in [0.717, 1.165) is 41.5 Å². The first kappa shape index (κ1) is 24.6. The standard InChI is InChI=1S/C22H36N6O3/c1-6-30-12-13-31-20-14-17(2)8-9-19(20)15-24-22(23-10-7-11-29-5)25-16-21-27-26-18(3)28(21)4/h8-9,14H,6-7,10-13,15-16H2,1-5H3,(H2,23,24,25). The Labute approximate surface area is 185 Å². The molecule has 0 saturated heterocycles. The zero-order valence-corrected chi connectivity index (χ0v) is 19.4. The summed E-state index contributed by atoms with van der Waals surface area (Å²) in [4.78, 5) is 4.76. The van der Waals surface area contributed by atoms with Crippen LogP contribution in [0.15, 0.2) is 23.2 Å². The molecular weight excluding hydrogens is 396 g/mol. The molecule has 172 valence electrons. The summed E-state index contributed by atoms with van der Waals surface area (Å²) in [5.41, 5.74) is 2.17. The van der Waals surface area contributed by atoms with E-state index in [1.807, 2.05) is 31.5 Å². The van der Waals surface area contributed by atoms with Gasteiger partial charge in [0.05, 0.1) is 19.7 Å². The average molecular weight is 433 g/mol. The summed E-state index contributed by atoms with van der Waals surface area (Å²) in [7, 11) is 3.65. The largest absolute Gasteiger partial charge is 0.491 e. The van der Waals surface area contributed by atoms with Gasteiger partial charge in [0.2, 0.25) is 0 Å². The summed E-state index contributed by atoms with van der Waals surface area (Å²) < 4.78 is 18.4. The number of aryl methyl sites for hydroxylation is 2. The Morgan fingerprint density at radius 1 is 1.13 bits per heavy atom. The van der Waals surface area contributed by atoms with Gasteiger partial charge in [-0.05, 0) is 38.8 Å². The third kappa shape index (κ3) is 8.55. The van der Waals surface area contributed by atoms with Crippen LogP contribution in [0.5, 0.6) is 5.75 Å². The van der Waals surface area contributed by atoms with E-state index in [0.29, 0.717) is 45.5 Å². The Hall–Kier alpha value is -2.65. The summed E-state index contributed by atoms with van der Waals surface area (Å²) in [6.45, 7) is 10.2. The van der Waals surface area contributed by atoms with Crippen LogP contribution in [0.2, 0.25) is 0 Å². The SMILES string of the molecule is CCOCCOc1cc(C)ccc1CN=C(NCCCOC)NCc1nnc(C)n1C. The van der Waals surface area contributed by atoms with Gasteiger partial charge in [0.1, 0.15) is 18.2 Å². The Morgan fingerprint density at radius 3 is 2.68 bits per heavy atom. The topological polar surface area (TPSA) is 94.8 Å². The second kappa shape index (κ2) is 13.6. The molecule has 0 spiro atoms. The minimum Gasteiger partial charge on any atom is -0.491 e. The van der Waals surface area contributed by atoms with Gasteiger partial charge in [-0.15, -0.1) is 10.2 Å². The number of rotatable bonds is 13. The fourth-order valence-electron chi connectivity index (χ4n) is 2.81. The number of aromatic nitrogens is 3. The summed E-state index contributed by atoms with van der Waals surface area (Å²) in [6, 6.07) is 6.17. The van der Waals surface area contributed by atoms with Gasteiger partial charge in [-0.1, -0.05) is 12.1 Å². The Bertz CT molecular complexity index is 822. The van der Waals surface area contributed by atoms with E-state index in [2.05, 4.69) is 39.9 Å². The lowest BCUT2D eigenvalue weighted by Crippen LogP contribution is -2.38. The van der Waals surface area contributed by atoms with E-state index in [-0.39, 0.29) is 0 Å². The van der Waals surface area contributed by atoms with Crippen molar-refractivity contribution in [3.63, 3.8) is 0 Å².